The van der Waals surface area contributed by atoms with Crippen molar-refractivity contribution in [2.24, 2.45) is 0 Å². The Hall–Kier alpha value is -8.27. The van der Waals surface area contributed by atoms with Crippen LogP contribution in [0.2, 0.25) is 0 Å². The van der Waals surface area contributed by atoms with E-state index in [1.807, 2.05) is 12.1 Å². The molecule has 0 aliphatic rings. The molecule has 0 aliphatic heterocycles. The quantitative estimate of drug-likeness (QED) is 0.144. The van der Waals surface area contributed by atoms with Crippen LogP contribution in [-0.4, -0.2) is 15.0 Å². The number of pyridine rings is 1. The average molecular weight is 790 g/mol. The number of benzene rings is 9. The Kier molecular flexibility index (Phi) is 9.53. The lowest BCUT2D eigenvalue weighted by Crippen LogP contribution is -1.96. The Balaban J connectivity index is 0.945. The summed E-state index contributed by atoms with van der Waals surface area (Å²) in [6.07, 6.45) is 0. The Morgan fingerprint density at radius 1 is 0.242 bits per heavy atom. The van der Waals surface area contributed by atoms with E-state index >= 15 is 0 Å². The molecule has 0 unspecified atom stereocenters. The molecule has 11 aromatic rings. The zero-order valence-corrected chi connectivity index (χ0v) is 33.9. The maximum atomic E-state index is 5.21. The molecule has 0 fully saturated rings. The summed E-state index contributed by atoms with van der Waals surface area (Å²) in [5, 5.41) is 3.60. The molecule has 0 amide bonds. The lowest BCUT2D eigenvalue weighted by molar-refractivity contribution is 1.18. The Labute approximate surface area is 361 Å². The highest BCUT2D eigenvalue weighted by Gasteiger charge is 2.15. The third-order valence-electron chi connectivity index (χ3n) is 11.7. The monoisotopic (exact) mass is 789 g/mol. The van der Waals surface area contributed by atoms with Crippen molar-refractivity contribution in [2.75, 3.05) is 0 Å². The molecule has 2 aromatic heterocycles. The summed E-state index contributed by atoms with van der Waals surface area (Å²) >= 11 is 0. The Bertz CT molecular complexity index is 3260. The fourth-order valence-electron chi connectivity index (χ4n) is 8.50. The van der Waals surface area contributed by atoms with Crippen LogP contribution >= 0.6 is 0 Å². The Morgan fingerprint density at radius 2 is 0.677 bits per heavy atom. The van der Waals surface area contributed by atoms with Crippen LogP contribution in [0.3, 0.4) is 0 Å². The molecule has 3 nitrogen and oxygen atoms in total. The Morgan fingerprint density at radius 3 is 1.26 bits per heavy atom. The summed E-state index contributed by atoms with van der Waals surface area (Å²) < 4.78 is 0. The maximum Gasteiger partial charge on any atom is 0.160 e. The molecule has 0 aliphatic carbocycles. The van der Waals surface area contributed by atoms with Crippen molar-refractivity contribution in [3.8, 4) is 89.7 Å². The normalized spacial score (nSPS) is 11.2. The van der Waals surface area contributed by atoms with Crippen molar-refractivity contribution in [3.05, 3.63) is 237 Å². The lowest BCUT2D eigenvalue weighted by Gasteiger charge is -2.13. The summed E-state index contributed by atoms with van der Waals surface area (Å²) in [4.78, 5) is 15.6. The molecule has 3 heteroatoms. The van der Waals surface area contributed by atoms with Gasteiger partial charge in [-0.2, -0.15) is 0 Å². The van der Waals surface area contributed by atoms with Gasteiger partial charge in [-0.15, -0.1) is 0 Å². The first kappa shape index (κ1) is 36.8. The van der Waals surface area contributed by atoms with Crippen LogP contribution in [0, 0.1) is 0 Å². The highest BCUT2D eigenvalue weighted by Crippen LogP contribution is 2.38. The van der Waals surface area contributed by atoms with Crippen LogP contribution in [0.1, 0.15) is 0 Å². The van der Waals surface area contributed by atoms with Crippen LogP contribution in [0.25, 0.3) is 111 Å². The number of hydrogen-bond acceptors (Lipinski definition) is 3. The largest absolute Gasteiger partial charge is 0.248 e. The van der Waals surface area contributed by atoms with Crippen molar-refractivity contribution in [1.29, 1.82) is 0 Å². The molecule has 0 radical (unpaired) electrons. The van der Waals surface area contributed by atoms with Crippen molar-refractivity contribution in [3.63, 3.8) is 0 Å². The fraction of sp³-hybridized carbons (Fsp3) is 0. The third kappa shape index (κ3) is 7.23. The zero-order chi connectivity index (χ0) is 41.2. The topological polar surface area (TPSA) is 38.7 Å². The smallest absolute Gasteiger partial charge is 0.160 e. The molecule has 9 aromatic carbocycles. The summed E-state index contributed by atoms with van der Waals surface area (Å²) in [6, 6.07) is 83.4. The second-order valence-electron chi connectivity index (χ2n) is 15.6. The van der Waals surface area contributed by atoms with Gasteiger partial charge in [0, 0.05) is 27.6 Å². The van der Waals surface area contributed by atoms with Gasteiger partial charge in [0.15, 0.2) is 5.82 Å². The van der Waals surface area contributed by atoms with Gasteiger partial charge in [0.2, 0.25) is 0 Å². The summed E-state index contributed by atoms with van der Waals surface area (Å²) in [5.41, 5.74) is 17.0. The average Bonchev–Trinajstić information content (AvgIpc) is 3.37. The van der Waals surface area contributed by atoms with E-state index in [9.17, 15) is 0 Å². The molecule has 0 saturated heterocycles. The minimum Gasteiger partial charge on any atom is -0.248 e. The van der Waals surface area contributed by atoms with E-state index in [0.29, 0.717) is 5.82 Å². The number of hydrogen-bond donors (Lipinski definition) is 0. The van der Waals surface area contributed by atoms with Gasteiger partial charge >= 0.3 is 0 Å². The molecule has 0 N–H and O–H groups in total. The van der Waals surface area contributed by atoms with E-state index in [2.05, 4.69) is 224 Å². The minimum atomic E-state index is 0.680. The van der Waals surface area contributed by atoms with E-state index in [-0.39, 0.29) is 0 Å². The predicted octanol–water partition coefficient (Wildman–Crippen LogP) is 15.5. The highest BCUT2D eigenvalue weighted by molar-refractivity contribution is 6.13. The van der Waals surface area contributed by atoms with Gasteiger partial charge in [-0.25, -0.2) is 15.0 Å². The van der Waals surface area contributed by atoms with Gasteiger partial charge in [-0.1, -0.05) is 206 Å². The number of fused-ring (bicyclic) bond motifs is 3. The number of nitrogens with zero attached hydrogens (tertiary/aromatic N) is 3. The van der Waals surface area contributed by atoms with Gasteiger partial charge in [-0.05, 0) is 85.6 Å². The van der Waals surface area contributed by atoms with Gasteiger partial charge in [0.05, 0.1) is 22.6 Å². The molecule has 0 bridgehead atoms. The zero-order valence-electron chi connectivity index (χ0n) is 33.9. The fourth-order valence-corrected chi connectivity index (χ4v) is 8.50. The van der Waals surface area contributed by atoms with Gasteiger partial charge in [-0.3, -0.25) is 0 Å². The first-order chi connectivity index (χ1) is 30.7. The van der Waals surface area contributed by atoms with Crippen LogP contribution in [-0.2, 0) is 0 Å². The standard InChI is InChI=1S/C59H39N3/c1-4-14-40(15-5-1)48-21-12-23-50(36-48)56-39-57(51-24-13-22-49(37-51)41-16-6-2-7-17-41)62-59(61-56)47-32-28-43(29-33-47)42-26-30-46(31-27-42)55-38-53(44-18-8-3-9-19-44)58-52-25-11-10-20-45(52)34-35-54(58)60-55/h1-39H. The molecule has 0 atom stereocenters. The molecule has 0 saturated carbocycles. The molecule has 11 rings (SSSR count). The molecule has 290 valence electrons. The predicted molar refractivity (Wildman–Crippen MR) is 258 cm³/mol. The van der Waals surface area contributed by atoms with Crippen molar-refractivity contribution in [2.45, 2.75) is 0 Å². The molecule has 0 spiro atoms. The minimum absolute atomic E-state index is 0.680. The summed E-state index contributed by atoms with van der Waals surface area (Å²) in [5.74, 6) is 0.680. The SMILES string of the molecule is c1ccc(-c2cccc(-c3cc(-c4cccc(-c5ccccc5)c4)nc(-c4ccc(-c5ccc(-c6cc(-c7ccccc7)c7c(ccc8ccccc87)n6)cc5)cc4)n3)c2)cc1. The van der Waals surface area contributed by atoms with Crippen molar-refractivity contribution < 1.29 is 0 Å². The second kappa shape index (κ2) is 16.1. The van der Waals surface area contributed by atoms with E-state index < -0.39 is 0 Å². The van der Waals surface area contributed by atoms with Crippen molar-refractivity contribution >= 4 is 21.7 Å². The van der Waals surface area contributed by atoms with Crippen LogP contribution in [0.4, 0.5) is 0 Å². The van der Waals surface area contributed by atoms with E-state index in [1.54, 1.807) is 0 Å². The van der Waals surface area contributed by atoms with Crippen LogP contribution < -0.4 is 0 Å². The number of rotatable bonds is 8. The van der Waals surface area contributed by atoms with E-state index in [1.165, 1.54) is 38.4 Å². The molecular formula is C59H39N3. The number of aromatic nitrogens is 3. The van der Waals surface area contributed by atoms with Crippen LogP contribution in [0.5, 0.6) is 0 Å². The molecule has 62 heavy (non-hydrogen) atoms. The summed E-state index contributed by atoms with van der Waals surface area (Å²) in [7, 11) is 0. The highest BCUT2D eigenvalue weighted by atomic mass is 14.9. The van der Waals surface area contributed by atoms with Gasteiger partial charge in [0.25, 0.3) is 0 Å². The summed E-state index contributed by atoms with van der Waals surface area (Å²) in [6.45, 7) is 0. The van der Waals surface area contributed by atoms with E-state index in [0.717, 1.165) is 67.1 Å². The molecular weight excluding hydrogens is 751 g/mol. The third-order valence-corrected chi connectivity index (χ3v) is 11.7. The van der Waals surface area contributed by atoms with Crippen LogP contribution in [0.15, 0.2) is 237 Å². The van der Waals surface area contributed by atoms with Crippen molar-refractivity contribution in [1.82, 2.24) is 15.0 Å². The van der Waals surface area contributed by atoms with Gasteiger partial charge in [0.1, 0.15) is 0 Å². The maximum absolute atomic E-state index is 5.21. The first-order valence-corrected chi connectivity index (χ1v) is 21.0. The van der Waals surface area contributed by atoms with Gasteiger partial charge < -0.3 is 0 Å². The molecule has 2 heterocycles. The first-order valence-electron chi connectivity index (χ1n) is 21.0. The second-order valence-corrected chi connectivity index (χ2v) is 15.6. The lowest BCUT2D eigenvalue weighted by atomic mass is 9.94. The van der Waals surface area contributed by atoms with E-state index in [4.69, 9.17) is 15.0 Å².